The van der Waals surface area contributed by atoms with E-state index in [0.717, 1.165) is 6.07 Å². The molecule has 2 rings (SSSR count). The van der Waals surface area contributed by atoms with Crippen LogP contribution in [0.2, 0.25) is 0 Å². The molecular weight excluding hydrogens is 354 g/mol. The van der Waals surface area contributed by atoms with Crippen molar-refractivity contribution in [3.63, 3.8) is 0 Å². The molecule has 0 aliphatic carbocycles. The molecule has 0 radical (unpaired) electrons. The Hall–Kier alpha value is -0.900. The van der Waals surface area contributed by atoms with E-state index >= 15 is 0 Å². The first kappa shape index (κ1) is 15.5. The molecule has 112 valence electrons. The van der Waals surface area contributed by atoms with Gasteiger partial charge in [0.05, 0.1) is 11.6 Å². The van der Waals surface area contributed by atoms with E-state index in [0.29, 0.717) is 13.0 Å². The Bertz CT molecular complexity index is 639. The number of carboxylic acids is 1. The van der Waals surface area contributed by atoms with Gasteiger partial charge in [-0.3, -0.25) is 0 Å². The number of hydrogen-bond acceptors (Lipinski definition) is 5. The highest BCUT2D eigenvalue weighted by atomic mass is 79.9. The predicted molar refractivity (Wildman–Crippen MR) is 72.1 cm³/mol. The fraction of sp³-hybridized carbons (Fsp3) is 0.545. The third kappa shape index (κ3) is 2.76. The van der Waals surface area contributed by atoms with Gasteiger partial charge in [-0.1, -0.05) is 0 Å². The van der Waals surface area contributed by atoms with Gasteiger partial charge in [-0.25, -0.2) is 17.9 Å². The van der Waals surface area contributed by atoms with Gasteiger partial charge in [-0.15, -0.1) is 0 Å². The van der Waals surface area contributed by atoms with Crippen LogP contribution >= 0.6 is 15.9 Å². The van der Waals surface area contributed by atoms with E-state index in [1.54, 1.807) is 13.8 Å². The van der Waals surface area contributed by atoms with Gasteiger partial charge in [-0.2, -0.15) is 0 Å². The molecule has 0 spiro atoms. The summed E-state index contributed by atoms with van der Waals surface area (Å²) in [5.74, 6) is -1.78. The number of sulfonamides is 1. The summed E-state index contributed by atoms with van der Waals surface area (Å²) in [7, 11) is -3.91. The SMILES string of the molecule is CC1OCCC1(C)NS(=O)(=O)c1cc(C(=O)O)oc1Br. The van der Waals surface area contributed by atoms with Gasteiger partial charge < -0.3 is 14.3 Å². The number of carboxylic acid groups (broad SMARTS) is 1. The van der Waals surface area contributed by atoms with Crippen molar-refractivity contribution in [1.82, 2.24) is 4.72 Å². The van der Waals surface area contributed by atoms with Gasteiger partial charge in [0, 0.05) is 12.7 Å². The molecule has 0 aromatic carbocycles. The lowest BCUT2D eigenvalue weighted by Crippen LogP contribution is -2.50. The molecule has 2 atom stereocenters. The van der Waals surface area contributed by atoms with E-state index < -0.39 is 27.3 Å². The lowest BCUT2D eigenvalue weighted by atomic mass is 9.97. The number of carbonyl (C=O) groups is 1. The largest absolute Gasteiger partial charge is 0.475 e. The summed E-state index contributed by atoms with van der Waals surface area (Å²) < 4.78 is 37.3. The van der Waals surface area contributed by atoms with Gasteiger partial charge in [0.15, 0.2) is 4.67 Å². The summed E-state index contributed by atoms with van der Waals surface area (Å²) in [6.07, 6.45) is 0.260. The minimum atomic E-state index is -3.91. The summed E-state index contributed by atoms with van der Waals surface area (Å²) >= 11 is 2.92. The van der Waals surface area contributed by atoms with E-state index in [2.05, 4.69) is 20.7 Å². The third-order valence-corrected chi connectivity index (χ3v) is 5.88. The maximum atomic E-state index is 12.3. The van der Waals surface area contributed by atoms with E-state index in [-0.39, 0.29) is 15.7 Å². The molecule has 7 nitrogen and oxygen atoms in total. The molecule has 0 bridgehead atoms. The zero-order valence-electron chi connectivity index (χ0n) is 10.8. The van der Waals surface area contributed by atoms with Crippen molar-refractivity contribution in [2.24, 2.45) is 0 Å². The van der Waals surface area contributed by atoms with Crippen LogP contribution in [-0.2, 0) is 14.8 Å². The minimum absolute atomic E-state index is 0.141. The second kappa shape index (κ2) is 5.14. The molecule has 0 amide bonds. The summed E-state index contributed by atoms with van der Waals surface area (Å²) in [6.45, 7) is 3.99. The van der Waals surface area contributed by atoms with Crippen molar-refractivity contribution in [3.8, 4) is 0 Å². The van der Waals surface area contributed by atoms with Crippen molar-refractivity contribution in [2.75, 3.05) is 6.61 Å². The summed E-state index contributed by atoms with van der Waals surface area (Å²) in [5, 5.41) is 8.82. The van der Waals surface area contributed by atoms with E-state index in [1.807, 2.05) is 0 Å². The molecule has 2 unspecified atom stereocenters. The van der Waals surface area contributed by atoms with Gasteiger partial charge in [0.25, 0.3) is 0 Å². The maximum absolute atomic E-state index is 12.3. The standard InChI is InChI=1S/C11H14BrNO6S/c1-6-11(2,3-4-18-6)13-20(16,17)8-5-7(10(14)15)19-9(8)12/h5-6,13H,3-4H2,1-2H3,(H,14,15). The lowest BCUT2D eigenvalue weighted by Gasteiger charge is -2.28. The quantitative estimate of drug-likeness (QED) is 0.836. The second-order valence-electron chi connectivity index (χ2n) is 4.84. The molecule has 1 aromatic heterocycles. The molecule has 9 heteroatoms. The Morgan fingerprint density at radius 1 is 1.60 bits per heavy atom. The molecule has 20 heavy (non-hydrogen) atoms. The van der Waals surface area contributed by atoms with Crippen LogP contribution < -0.4 is 4.72 Å². The van der Waals surface area contributed by atoms with Crippen molar-refractivity contribution in [1.29, 1.82) is 0 Å². The molecule has 0 saturated carbocycles. The van der Waals surface area contributed by atoms with Crippen LogP contribution in [0.15, 0.2) is 20.0 Å². The van der Waals surface area contributed by atoms with Gasteiger partial charge >= 0.3 is 5.97 Å². The van der Waals surface area contributed by atoms with Crippen LogP contribution in [0.3, 0.4) is 0 Å². The Balaban J connectivity index is 2.34. The first-order valence-electron chi connectivity index (χ1n) is 5.84. The van der Waals surface area contributed by atoms with Crippen LogP contribution in [0.4, 0.5) is 0 Å². The number of halogens is 1. The van der Waals surface area contributed by atoms with E-state index in [9.17, 15) is 13.2 Å². The topological polar surface area (TPSA) is 106 Å². The Labute approximate surface area is 124 Å². The Kier molecular flexibility index (Phi) is 3.98. The maximum Gasteiger partial charge on any atom is 0.371 e. The normalized spacial score (nSPS) is 26.9. The van der Waals surface area contributed by atoms with Crippen molar-refractivity contribution < 1.29 is 27.5 Å². The summed E-state index contributed by atoms with van der Waals surface area (Å²) in [6, 6.07) is 0.971. The van der Waals surface area contributed by atoms with Crippen LogP contribution in [-0.4, -0.2) is 37.7 Å². The number of hydrogen-bond donors (Lipinski definition) is 2. The molecule has 1 aromatic rings. The molecule has 1 aliphatic heterocycles. The lowest BCUT2D eigenvalue weighted by molar-refractivity contribution is 0.0661. The average Bonchev–Trinajstić information content (AvgIpc) is 2.84. The van der Waals surface area contributed by atoms with Crippen molar-refractivity contribution in [2.45, 2.75) is 36.8 Å². The highest BCUT2D eigenvalue weighted by Gasteiger charge is 2.41. The zero-order valence-corrected chi connectivity index (χ0v) is 13.2. The number of ether oxygens (including phenoxy) is 1. The second-order valence-corrected chi connectivity index (χ2v) is 7.21. The molecule has 1 aliphatic rings. The fourth-order valence-corrected chi connectivity index (χ4v) is 4.41. The highest BCUT2D eigenvalue weighted by Crippen LogP contribution is 2.31. The first-order valence-corrected chi connectivity index (χ1v) is 8.11. The van der Waals surface area contributed by atoms with Crippen LogP contribution in [0, 0.1) is 0 Å². The molecule has 1 saturated heterocycles. The van der Waals surface area contributed by atoms with Gasteiger partial charge in [-0.05, 0) is 36.2 Å². The highest BCUT2D eigenvalue weighted by molar-refractivity contribution is 9.10. The van der Waals surface area contributed by atoms with Crippen LogP contribution in [0.1, 0.15) is 30.8 Å². The number of nitrogens with one attached hydrogen (secondary N) is 1. The van der Waals surface area contributed by atoms with E-state index in [4.69, 9.17) is 14.3 Å². The molecular formula is C11H14BrNO6S. The van der Waals surface area contributed by atoms with Crippen LogP contribution in [0.5, 0.6) is 0 Å². The zero-order chi connectivity index (χ0) is 15.1. The van der Waals surface area contributed by atoms with Crippen molar-refractivity contribution in [3.05, 3.63) is 16.5 Å². The predicted octanol–water partition coefficient (Wildman–Crippen LogP) is 1.59. The number of furan rings is 1. The Morgan fingerprint density at radius 2 is 2.25 bits per heavy atom. The van der Waals surface area contributed by atoms with Crippen molar-refractivity contribution >= 4 is 31.9 Å². The van der Waals surface area contributed by atoms with E-state index in [1.165, 1.54) is 0 Å². The third-order valence-electron chi connectivity index (χ3n) is 3.41. The molecule has 2 N–H and O–H groups in total. The first-order chi connectivity index (χ1) is 9.16. The Morgan fingerprint density at radius 3 is 2.70 bits per heavy atom. The smallest absolute Gasteiger partial charge is 0.371 e. The summed E-state index contributed by atoms with van der Waals surface area (Å²) in [5.41, 5.74) is -0.737. The molecule has 2 heterocycles. The molecule has 1 fully saturated rings. The fourth-order valence-electron chi connectivity index (χ4n) is 1.97. The van der Waals surface area contributed by atoms with Crippen LogP contribution in [0.25, 0.3) is 0 Å². The summed E-state index contributed by atoms with van der Waals surface area (Å²) in [4.78, 5) is 10.6. The average molecular weight is 368 g/mol. The van der Waals surface area contributed by atoms with Gasteiger partial charge in [0.1, 0.15) is 4.90 Å². The number of rotatable bonds is 4. The van der Waals surface area contributed by atoms with Gasteiger partial charge in [0.2, 0.25) is 15.8 Å². The monoisotopic (exact) mass is 367 g/mol. The minimum Gasteiger partial charge on any atom is -0.475 e. The number of aromatic carboxylic acids is 1.